The monoisotopic (exact) mass is 385 g/mol. The summed E-state index contributed by atoms with van der Waals surface area (Å²) in [4.78, 5) is 11.0. The fraction of sp³-hybridized carbons (Fsp3) is 0.150. The summed E-state index contributed by atoms with van der Waals surface area (Å²) in [5.74, 6) is -0.623. The number of allylic oxidation sites excluding steroid dienone is 1. The first kappa shape index (κ1) is 19.2. The zero-order valence-electron chi connectivity index (χ0n) is 15.2. The number of nitrogens with zero attached hydrogens (tertiary/aromatic N) is 3. The van der Waals surface area contributed by atoms with E-state index in [-0.39, 0.29) is 18.1 Å². The van der Waals surface area contributed by atoms with Gasteiger partial charge in [0.1, 0.15) is 18.0 Å². The molecule has 0 saturated carbocycles. The van der Waals surface area contributed by atoms with Crippen LogP contribution in [0.25, 0.3) is 11.8 Å². The average molecular weight is 385 g/mol. The van der Waals surface area contributed by atoms with Gasteiger partial charge in [-0.15, -0.1) is 5.10 Å². The summed E-state index contributed by atoms with van der Waals surface area (Å²) in [6.07, 6.45) is 4.51. The lowest BCUT2D eigenvalue weighted by molar-refractivity contribution is -0.112. The van der Waals surface area contributed by atoms with Crippen molar-refractivity contribution in [3.63, 3.8) is 0 Å². The number of carbonyl (C=O) groups excluding carboxylic acids is 1. The maximum Gasteiger partial charge on any atom is 0.161 e. The van der Waals surface area contributed by atoms with Crippen LogP contribution in [-0.4, -0.2) is 27.9 Å². The lowest BCUT2D eigenvalue weighted by Crippen LogP contribution is -2.02. The Morgan fingerprint density at radius 3 is 2.61 bits per heavy atom. The predicted molar refractivity (Wildman–Crippen MR) is 98.3 cm³/mol. The highest BCUT2D eigenvalue weighted by Gasteiger charge is 2.13. The average Bonchev–Trinajstić information content (AvgIpc) is 3.13. The van der Waals surface area contributed by atoms with Gasteiger partial charge in [-0.3, -0.25) is 4.79 Å². The van der Waals surface area contributed by atoms with E-state index in [1.165, 1.54) is 32.4 Å². The van der Waals surface area contributed by atoms with Gasteiger partial charge >= 0.3 is 0 Å². The third-order valence-corrected chi connectivity index (χ3v) is 3.78. The summed E-state index contributed by atoms with van der Waals surface area (Å²) in [6, 6.07) is 8.74. The number of benzene rings is 2. The van der Waals surface area contributed by atoms with Crippen LogP contribution in [0.3, 0.4) is 0 Å². The lowest BCUT2D eigenvalue weighted by atomic mass is 10.1. The van der Waals surface area contributed by atoms with E-state index in [2.05, 4.69) is 10.3 Å². The molecule has 0 spiro atoms. The van der Waals surface area contributed by atoms with E-state index >= 15 is 0 Å². The van der Waals surface area contributed by atoms with E-state index in [1.807, 2.05) is 0 Å². The summed E-state index contributed by atoms with van der Waals surface area (Å²) in [7, 11) is 1.50. The minimum atomic E-state index is -0.742. The topological polar surface area (TPSA) is 66.2 Å². The van der Waals surface area contributed by atoms with Crippen molar-refractivity contribution in [2.75, 3.05) is 7.11 Å². The standard InChI is InChI=1S/C20H17F2N3O3/c1-13(26)6-7-14-8-9-18(19(10-14)27-2)28-12-15-11-25(24-23-15)20-16(21)4-3-5-17(20)22/h3-11H,12H2,1-2H3/b7-6+. The van der Waals surface area contributed by atoms with Crippen LogP contribution in [-0.2, 0) is 11.4 Å². The maximum atomic E-state index is 13.8. The third-order valence-electron chi connectivity index (χ3n) is 3.78. The largest absolute Gasteiger partial charge is 0.493 e. The summed E-state index contributed by atoms with van der Waals surface area (Å²) in [5.41, 5.74) is 0.853. The van der Waals surface area contributed by atoms with Crippen molar-refractivity contribution in [2.24, 2.45) is 0 Å². The van der Waals surface area contributed by atoms with Gasteiger partial charge in [0, 0.05) is 0 Å². The molecule has 2 aromatic carbocycles. The number of halogens is 2. The number of methoxy groups -OCH3 is 1. The Morgan fingerprint density at radius 1 is 1.18 bits per heavy atom. The van der Waals surface area contributed by atoms with Gasteiger partial charge in [0.2, 0.25) is 0 Å². The van der Waals surface area contributed by atoms with Gasteiger partial charge in [0.05, 0.1) is 13.3 Å². The van der Waals surface area contributed by atoms with Gasteiger partial charge in [-0.1, -0.05) is 23.4 Å². The van der Waals surface area contributed by atoms with Crippen LogP contribution in [0.1, 0.15) is 18.2 Å². The first-order valence-corrected chi connectivity index (χ1v) is 8.33. The fourth-order valence-corrected chi connectivity index (χ4v) is 2.45. The molecular formula is C20H17F2N3O3. The molecule has 144 valence electrons. The molecule has 0 atom stereocenters. The molecule has 0 aliphatic rings. The van der Waals surface area contributed by atoms with Gasteiger partial charge in [-0.25, -0.2) is 13.5 Å². The van der Waals surface area contributed by atoms with Crippen LogP contribution in [0.4, 0.5) is 8.78 Å². The van der Waals surface area contributed by atoms with Gasteiger partial charge in [0.25, 0.3) is 0 Å². The number of ketones is 1. The smallest absolute Gasteiger partial charge is 0.161 e. The molecule has 0 unspecified atom stereocenters. The Labute approximate surface area is 160 Å². The zero-order valence-corrected chi connectivity index (χ0v) is 15.2. The normalized spacial score (nSPS) is 11.0. The summed E-state index contributed by atoms with van der Waals surface area (Å²) in [6.45, 7) is 1.49. The molecule has 8 heteroatoms. The van der Waals surface area contributed by atoms with Crippen LogP contribution in [0.5, 0.6) is 11.5 Å². The van der Waals surface area contributed by atoms with Crippen LogP contribution in [0, 0.1) is 11.6 Å². The minimum Gasteiger partial charge on any atom is -0.493 e. The summed E-state index contributed by atoms with van der Waals surface area (Å²) in [5, 5.41) is 7.63. The molecule has 1 aromatic heterocycles. The molecule has 0 aliphatic heterocycles. The molecule has 0 amide bonds. The number of aromatic nitrogens is 3. The number of rotatable bonds is 7. The van der Waals surface area contributed by atoms with Gasteiger partial charge in [-0.2, -0.15) is 0 Å². The van der Waals surface area contributed by atoms with Gasteiger partial charge in [0.15, 0.2) is 28.9 Å². The molecule has 3 rings (SSSR count). The SMILES string of the molecule is COc1cc(/C=C/C(C)=O)ccc1OCc1cn(-c2c(F)cccc2F)nn1. The summed E-state index contributed by atoms with van der Waals surface area (Å²) >= 11 is 0. The molecule has 0 radical (unpaired) electrons. The van der Waals surface area contributed by atoms with Gasteiger partial charge in [-0.05, 0) is 42.8 Å². The fourth-order valence-electron chi connectivity index (χ4n) is 2.45. The molecule has 28 heavy (non-hydrogen) atoms. The van der Waals surface area contributed by atoms with Crippen LogP contribution < -0.4 is 9.47 Å². The van der Waals surface area contributed by atoms with E-state index < -0.39 is 11.6 Å². The van der Waals surface area contributed by atoms with Crippen molar-refractivity contribution in [1.82, 2.24) is 15.0 Å². The van der Waals surface area contributed by atoms with Crippen molar-refractivity contribution in [1.29, 1.82) is 0 Å². The van der Waals surface area contributed by atoms with Crippen molar-refractivity contribution < 1.29 is 23.0 Å². The van der Waals surface area contributed by atoms with Crippen LogP contribution >= 0.6 is 0 Å². The quantitative estimate of drug-likeness (QED) is 0.580. The second-order valence-corrected chi connectivity index (χ2v) is 5.87. The number of carbonyl (C=O) groups is 1. The highest BCUT2D eigenvalue weighted by atomic mass is 19.1. The van der Waals surface area contributed by atoms with E-state index in [9.17, 15) is 13.6 Å². The van der Waals surface area contributed by atoms with E-state index in [0.29, 0.717) is 17.2 Å². The first-order valence-electron chi connectivity index (χ1n) is 8.33. The molecule has 0 saturated heterocycles. The predicted octanol–water partition coefficient (Wildman–Crippen LogP) is 3.74. The Kier molecular flexibility index (Phi) is 5.78. The Bertz CT molecular complexity index is 1010. The van der Waals surface area contributed by atoms with Crippen molar-refractivity contribution >= 4 is 11.9 Å². The Hall–Kier alpha value is -3.55. The number of ether oxygens (including phenoxy) is 2. The lowest BCUT2D eigenvalue weighted by Gasteiger charge is -2.10. The number of hydrogen-bond acceptors (Lipinski definition) is 5. The van der Waals surface area contributed by atoms with Crippen molar-refractivity contribution in [3.05, 3.63) is 71.6 Å². The molecule has 0 bridgehead atoms. The highest BCUT2D eigenvalue weighted by molar-refractivity contribution is 5.91. The molecule has 0 aliphatic carbocycles. The van der Waals surface area contributed by atoms with Crippen molar-refractivity contribution in [3.8, 4) is 17.2 Å². The van der Waals surface area contributed by atoms with Crippen molar-refractivity contribution in [2.45, 2.75) is 13.5 Å². The summed E-state index contributed by atoms with van der Waals surface area (Å²) < 4.78 is 39.7. The van der Waals surface area contributed by atoms with E-state index in [1.54, 1.807) is 24.3 Å². The molecular weight excluding hydrogens is 368 g/mol. The zero-order chi connectivity index (χ0) is 20.1. The second-order valence-electron chi connectivity index (χ2n) is 5.87. The Morgan fingerprint density at radius 2 is 1.93 bits per heavy atom. The van der Waals surface area contributed by atoms with Gasteiger partial charge < -0.3 is 9.47 Å². The second kappa shape index (κ2) is 8.43. The number of hydrogen-bond donors (Lipinski definition) is 0. The molecule has 1 heterocycles. The first-order chi connectivity index (χ1) is 13.5. The van der Waals surface area contributed by atoms with E-state index in [0.717, 1.165) is 22.4 Å². The number of para-hydroxylation sites is 1. The van der Waals surface area contributed by atoms with Crippen LogP contribution in [0.2, 0.25) is 0 Å². The molecule has 3 aromatic rings. The third kappa shape index (κ3) is 4.40. The molecule has 0 fully saturated rings. The van der Waals surface area contributed by atoms with E-state index in [4.69, 9.17) is 9.47 Å². The minimum absolute atomic E-state index is 0.0229. The maximum absolute atomic E-state index is 13.8. The highest BCUT2D eigenvalue weighted by Crippen LogP contribution is 2.29. The molecule has 0 N–H and O–H groups in total. The van der Waals surface area contributed by atoms with Crippen LogP contribution in [0.15, 0.2) is 48.7 Å². The molecule has 6 nitrogen and oxygen atoms in total. The Balaban J connectivity index is 1.74.